The van der Waals surface area contributed by atoms with Gasteiger partial charge in [-0.05, 0) is 54.5 Å². The first kappa shape index (κ1) is 14.9. The lowest BCUT2D eigenvalue weighted by Crippen LogP contribution is -2.20. The van der Waals surface area contributed by atoms with E-state index in [1.165, 1.54) is 12.1 Å². The molecule has 0 aliphatic carbocycles. The summed E-state index contributed by atoms with van der Waals surface area (Å²) in [4.78, 5) is 4.43. The van der Waals surface area contributed by atoms with Gasteiger partial charge in [0, 0.05) is 10.7 Å². The third kappa shape index (κ3) is 2.57. The van der Waals surface area contributed by atoms with Crippen molar-refractivity contribution in [2.75, 3.05) is 5.32 Å². The lowest BCUT2D eigenvalue weighted by molar-refractivity contribution is 0.607. The van der Waals surface area contributed by atoms with Crippen LogP contribution in [-0.4, -0.2) is 14.8 Å². The minimum atomic E-state index is -0.267. The molecular weight excluding hydrogens is 327 g/mol. The molecule has 2 heterocycles. The molecule has 0 spiro atoms. The van der Waals surface area contributed by atoms with Crippen LogP contribution in [0.1, 0.15) is 23.0 Å². The molecule has 1 atom stereocenters. The Balaban J connectivity index is 1.85. The number of halogens is 2. The molecule has 6 heteroatoms. The van der Waals surface area contributed by atoms with Crippen molar-refractivity contribution in [3.63, 3.8) is 0 Å². The summed E-state index contributed by atoms with van der Waals surface area (Å²) in [6, 6.07) is 13.8. The number of allylic oxidation sites excluding steroid dienone is 1. The lowest BCUT2D eigenvalue weighted by Gasteiger charge is -2.25. The van der Waals surface area contributed by atoms with Crippen LogP contribution in [0.25, 0.3) is 5.70 Å². The van der Waals surface area contributed by atoms with Crippen LogP contribution >= 0.6 is 11.6 Å². The van der Waals surface area contributed by atoms with Gasteiger partial charge in [-0.3, -0.25) is 0 Å². The number of rotatable bonds is 2. The maximum Gasteiger partial charge on any atom is 0.226 e. The topological polar surface area (TPSA) is 42.7 Å². The van der Waals surface area contributed by atoms with E-state index in [1.807, 2.05) is 41.9 Å². The summed E-state index contributed by atoms with van der Waals surface area (Å²) >= 11 is 6.38. The molecule has 120 valence electrons. The van der Waals surface area contributed by atoms with Gasteiger partial charge in [0.1, 0.15) is 17.7 Å². The number of benzene rings is 2. The molecule has 24 heavy (non-hydrogen) atoms. The first-order valence-corrected chi connectivity index (χ1v) is 7.92. The molecule has 1 N–H and O–H groups in total. The molecule has 0 saturated heterocycles. The highest BCUT2D eigenvalue weighted by molar-refractivity contribution is 6.31. The number of fused-ring (bicyclic) bond motifs is 1. The molecule has 3 aromatic rings. The molecule has 1 aliphatic rings. The zero-order valence-electron chi connectivity index (χ0n) is 12.9. The maximum atomic E-state index is 13.2. The predicted molar refractivity (Wildman–Crippen MR) is 92.3 cm³/mol. The Kier molecular flexibility index (Phi) is 3.58. The van der Waals surface area contributed by atoms with Crippen molar-refractivity contribution in [3.8, 4) is 0 Å². The van der Waals surface area contributed by atoms with Crippen LogP contribution in [-0.2, 0) is 0 Å². The number of hydrogen-bond donors (Lipinski definition) is 1. The lowest BCUT2D eigenvalue weighted by atomic mass is 10.0. The second-order valence-electron chi connectivity index (χ2n) is 5.61. The summed E-state index contributed by atoms with van der Waals surface area (Å²) in [5.41, 5.74) is 2.66. The van der Waals surface area contributed by atoms with Crippen molar-refractivity contribution in [1.29, 1.82) is 0 Å². The molecule has 0 fully saturated rings. The first-order valence-electron chi connectivity index (χ1n) is 7.54. The third-order valence-electron chi connectivity index (χ3n) is 3.95. The number of hydrogen-bond acceptors (Lipinski definition) is 3. The van der Waals surface area contributed by atoms with Gasteiger partial charge < -0.3 is 5.32 Å². The summed E-state index contributed by atoms with van der Waals surface area (Å²) in [5.74, 6) is 1.04. The van der Waals surface area contributed by atoms with Gasteiger partial charge in [0.25, 0.3) is 0 Å². The van der Waals surface area contributed by atoms with Gasteiger partial charge in [-0.15, -0.1) is 0 Å². The van der Waals surface area contributed by atoms with E-state index < -0.39 is 0 Å². The van der Waals surface area contributed by atoms with Gasteiger partial charge in [-0.1, -0.05) is 29.8 Å². The van der Waals surface area contributed by atoms with Crippen molar-refractivity contribution >= 4 is 23.2 Å². The average Bonchev–Trinajstić information content (AvgIpc) is 2.95. The van der Waals surface area contributed by atoms with Crippen LogP contribution in [0.4, 0.5) is 10.3 Å². The molecule has 0 amide bonds. The summed E-state index contributed by atoms with van der Waals surface area (Å²) in [7, 11) is 0. The Hall–Kier alpha value is -2.66. The molecule has 0 saturated carbocycles. The standard InChI is InChI=1S/C18H14ClFN4/c1-11-21-18-22-16(12-6-8-13(20)9-7-12)10-17(24(18)23-11)14-4-2-3-5-15(14)19/h2-10,17H,1H3,(H,21,22,23). The monoisotopic (exact) mass is 340 g/mol. The molecule has 1 aliphatic heterocycles. The van der Waals surface area contributed by atoms with E-state index in [4.69, 9.17) is 11.6 Å². The summed E-state index contributed by atoms with van der Waals surface area (Å²) in [6.07, 6.45) is 2.02. The Morgan fingerprint density at radius 2 is 1.88 bits per heavy atom. The Morgan fingerprint density at radius 1 is 1.12 bits per heavy atom. The SMILES string of the molecule is Cc1nc2n(n1)C(c1ccccc1Cl)C=C(c1ccc(F)cc1)N2. The van der Waals surface area contributed by atoms with E-state index in [9.17, 15) is 4.39 Å². The van der Waals surface area contributed by atoms with Crippen molar-refractivity contribution in [1.82, 2.24) is 14.8 Å². The van der Waals surface area contributed by atoms with Crippen LogP contribution in [0.5, 0.6) is 0 Å². The molecule has 0 radical (unpaired) electrons. The summed E-state index contributed by atoms with van der Waals surface area (Å²) in [6.45, 7) is 1.84. The Morgan fingerprint density at radius 3 is 2.62 bits per heavy atom. The molecule has 1 unspecified atom stereocenters. The van der Waals surface area contributed by atoms with E-state index in [1.54, 1.807) is 12.1 Å². The van der Waals surface area contributed by atoms with Crippen LogP contribution in [0, 0.1) is 12.7 Å². The predicted octanol–water partition coefficient (Wildman–Crippen LogP) is 4.44. The molecule has 1 aromatic heterocycles. The fourth-order valence-corrected chi connectivity index (χ4v) is 3.08. The average molecular weight is 341 g/mol. The quantitative estimate of drug-likeness (QED) is 0.750. The van der Waals surface area contributed by atoms with Crippen LogP contribution in [0.3, 0.4) is 0 Å². The zero-order chi connectivity index (χ0) is 16.7. The number of aromatic nitrogens is 3. The normalized spacial score (nSPS) is 16.3. The number of nitrogens with zero attached hydrogens (tertiary/aromatic N) is 3. The molecule has 4 nitrogen and oxygen atoms in total. The molecule has 2 aromatic carbocycles. The number of anilines is 1. The highest BCUT2D eigenvalue weighted by atomic mass is 35.5. The molecular formula is C18H14ClFN4. The van der Waals surface area contributed by atoms with E-state index in [0.29, 0.717) is 16.8 Å². The highest BCUT2D eigenvalue weighted by Crippen LogP contribution is 2.35. The minimum Gasteiger partial charge on any atom is -0.324 e. The van der Waals surface area contributed by atoms with E-state index in [0.717, 1.165) is 16.8 Å². The minimum absolute atomic E-state index is 0.184. The van der Waals surface area contributed by atoms with Crippen LogP contribution in [0.2, 0.25) is 5.02 Å². The Labute approximate surface area is 143 Å². The fourth-order valence-electron chi connectivity index (χ4n) is 2.83. The van der Waals surface area contributed by atoms with Crippen molar-refractivity contribution in [2.45, 2.75) is 13.0 Å². The maximum absolute atomic E-state index is 13.2. The first-order chi connectivity index (χ1) is 11.6. The smallest absolute Gasteiger partial charge is 0.226 e. The van der Waals surface area contributed by atoms with Crippen LogP contribution < -0.4 is 5.32 Å². The van der Waals surface area contributed by atoms with Gasteiger partial charge in [0.05, 0.1) is 0 Å². The Bertz CT molecular complexity index is 930. The number of aryl methyl sites for hydroxylation is 1. The highest BCUT2D eigenvalue weighted by Gasteiger charge is 2.25. The van der Waals surface area contributed by atoms with Gasteiger partial charge in [-0.2, -0.15) is 10.1 Å². The second-order valence-corrected chi connectivity index (χ2v) is 6.01. The van der Waals surface area contributed by atoms with Crippen molar-refractivity contribution in [2.24, 2.45) is 0 Å². The fraction of sp³-hybridized carbons (Fsp3) is 0.111. The van der Waals surface area contributed by atoms with E-state index in [2.05, 4.69) is 15.4 Å². The van der Waals surface area contributed by atoms with Gasteiger partial charge >= 0.3 is 0 Å². The van der Waals surface area contributed by atoms with Gasteiger partial charge in [0.2, 0.25) is 5.95 Å². The second kappa shape index (κ2) is 5.76. The molecule has 4 rings (SSSR count). The van der Waals surface area contributed by atoms with Crippen molar-refractivity contribution < 1.29 is 4.39 Å². The van der Waals surface area contributed by atoms with Gasteiger partial charge in [-0.25, -0.2) is 9.07 Å². The van der Waals surface area contributed by atoms with Crippen LogP contribution in [0.15, 0.2) is 54.6 Å². The number of nitrogens with one attached hydrogen (secondary N) is 1. The van der Waals surface area contributed by atoms with E-state index in [-0.39, 0.29) is 11.9 Å². The summed E-state index contributed by atoms with van der Waals surface area (Å²) in [5, 5.41) is 8.39. The summed E-state index contributed by atoms with van der Waals surface area (Å²) < 4.78 is 15.0. The van der Waals surface area contributed by atoms with Gasteiger partial charge in [0.15, 0.2) is 0 Å². The van der Waals surface area contributed by atoms with Crippen molar-refractivity contribution in [3.05, 3.63) is 82.4 Å². The third-order valence-corrected chi connectivity index (χ3v) is 4.29. The zero-order valence-corrected chi connectivity index (χ0v) is 13.6. The largest absolute Gasteiger partial charge is 0.324 e. The molecule has 0 bridgehead atoms. The van der Waals surface area contributed by atoms with E-state index >= 15 is 0 Å².